The molecule has 0 bridgehead atoms. The summed E-state index contributed by atoms with van der Waals surface area (Å²) >= 11 is 0. The molecular formula is C14H16N4O2. The average molecular weight is 272 g/mol. The first-order valence-corrected chi connectivity index (χ1v) is 6.17. The number of benzene rings is 1. The number of hydrogen-bond donors (Lipinski definition) is 1. The van der Waals surface area contributed by atoms with E-state index in [1.807, 2.05) is 20.8 Å². The maximum absolute atomic E-state index is 10.8. The normalized spacial score (nSPS) is 11.3. The summed E-state index contributed by atoms with van der Waals surface area (Å²) in [7, 11) is 0. The summed E-state index contributed by atoms with van der Waals surface area (Å²) in [4.78, 5) is 19.0. The number of non-ortho nitro benzene ring substituents is 1. The van der Waals surface area contributed by atoms with Crippen molar-refractivity contribution >= 4 is 11.5 Å². The zero-order valence-corrected chi connectivity index (χ0v) is 11.6. The van der Waals surface area contributed by atoms with Gasteiger partial charge in [0.05, 0.1) is 10.6 Å². The Bertz CT molecular complexity index is 662. The van der Waals surface area contributed by atoms with Gasteiger partial charge in [-0.3, -0.25) is 10.1 Å². The summed E-state index contributed by atoms with van der Waals surface area (Å²) in [6, 6.07) is 7.94. The van der Waals surface area contributed by atoms with Crippen molar-refractivity contribution in [2.45, 2.75) is 26.2 Å². The molecule has 2 aromatic rings. The number of anilines is 1. The Morgan fingerprint density at radius 2 is 1.90 bits per heavy atom. The van der Waals surface area contributed by atoms with Crippen molar-refractivity contribution < 1.29 is 4.92 Å². The summed E-state index contributed by atoms with van der Waals surface area (Å²) in [5.41, 5.74) is 7.02. The van der Waals surface area contributed by atoms with Crippen molar-refractivity contribution in [2.24, 2.45) is 0 Å². The molecule has 0 fully saturated rings. The zero-order valence-electron chi connectivity index (χ0n) is 11.6. The third-order valence-corrected chi connectivity index (χ3v) is 2.83. The molecule has 0 saturated carbocycles. The van der Waals surface area contributed by atoms with Gasteiger partial charge in [0.25, 0.3) is 5.69 Å². The third kappa shape index (κ3) is 2.90. The van der Waals surface area contributed by atoms with E-state index >= 15 is 0 Å². The highest BCUT2D eigenvalue weighted by molar-refractivity contribution is 5.60. The molecule has 6 nitrogen and oxygen atoms in total. The summed E-state index contributed by atoms with van der Waals surface area (Å²) in [6.07, 6.45) is 0. The van der Waals surface area contributed by atoms with Crippen LogP contribution in [0.5, 0.6) is 0 Å². The van der Waals surface area contributed by atoms with Crippen molar-refractivity contribution in [2.75, 3.05) is 5.73 Å². The number of nitrogens with two attached hydrogens (primary N) is 1. The molecule has 0 saturated heterocycles. The van der Waals surface area contributed by atoms with Crippen LogP contribution in [0.1, 0.15) is 26.5 Å². The fraction of sp³-hybridized carbons (Fsp3) is 0.286. The van der Waals surface area contributed by atoms with E-state index in [2.05, 4.69) is 9.97 Å². The van der Waals surface area contributed by atoms with Gasteiger partial charge in [0, 0.05) is 29.2 Å². The van der Waals surface area contributed by atoms with E-state index in [1.165, 1.54) is 12.1 Å². The molecule has 0 aliphatic heterocycles. The molecular weight excluding hydrogens is 256 g/mol. The molecule has 1 heterocycles. The van der Waals surface area contributed by atoms with E-state index in [-0.39, 0.29) is 11.1 Å². The van der Waals surface area contributed by atoms with Crippen molar-refractivity contribution in [3.8, 4) is 11.4 Å². The van der Waals surface area contributed by atoms with Crippen LogP contribution in [0.4, 0.5) is 11.5 Å². The van der Waals surface area contributed by atoms with Crippen LogP contribution in [0.3, 0.4) is 0 Å². The molecule has 2 N–H and O–H groups in total. The number of nitrogen functional groups attached to an aromatic ring is 1. The van der Waals surface area contributed by atoms with Gasteiger partial charge in [0.1, 0.15) is 5.82 Å². The van der Waals surface area contributed by atoms with Crippen molar-refractivity contribution in [1.82, 2.24) is 9.97 Å². The number of hydrogen-bond acceptors (Lipinski definition) is 5. The summed E-state index contributed by atoms with van der Waals surface area (Å²) in [6.45, 7) is 6.06. The highest BCUT2D eigenvalue weighted by atomic mass is 16.6. The zero-order chi connectivity index (χ0) is 14.9. The highest BCUT2D eigenvalue weighted by Crippen LogP contribution is 2.26. The molecule has 0 unspecified atom stereocenters. The Morgan fingerprint density at radius 1 is 1.20 bits per heavy atom. The van der Waals surface area contributed by atoms with Crippen molar-refractivity contribution in [1.29, 1.82) is 0 Å². The smallest absolute Gasteiger partial charge is 0.270 e. The fourth-order valence-electron chi connectivity index (χ4n) is 1.74. The minimum absolute atomic E-state index is 0.00540. The first kappa shape index (κ1) is 13.9. The van der Waals surface area contributed by atoms with Crippen LogP contribution in [0.15, 0.2) is 30.3 Å². The summed E-state index contributed by atoms with van der Waals surface area (Å²) < 4.78 is 0. The van der Waals surface area contributed by atoms with Gasteiger partial charge in [-0.2, -0.15) is 0 Å². The number of nitro benzene ring substituents is 1. The van der Waals surface area contributed by atoms with E-state index in [9.17, 15) is 10.1 Å². The largest absolute Gasteiger partial charge is 0.384 e. The van der Waals surface area contributed by atoms with Crippen LogP contribution in [0, 0.1) is 10.1 Å². The lowest BCUT2D eigenvalue weighted by molar-refractivity contribution is -0.384. The summed E-state index contributed by atoms with van der Waals surface area (Å²) in [5, 5.41) is 10.8. The van der Waals surface area contributed by atoms with Gasteiger partial charge in [-0.25, -0.2) is 9.97 Å². The van der Waals surface area contributed by atoms with Gasteiger partial charge in [0.2, 0.25) is 0 Å². The third-order valence-electron chi connectivity index (χ3n) is 2.83. The summed E-state index contributed by atoms with van der Waals surface area (Å²) in [5.74, 6) is 0.755. The maximum atomic E-state index is 10.8. The van der Waals surface area contributed by atoms with Gasteiger partial charge in [-0.05, 0) is 0 Å². The lowest BCUT2D eigenvalue weighted by atomic mass is 9.92. The second-order valence-corrected chi connectivity index (χ2v) is 5.56. The van der Waals surface area contributed by atoms with Gasteiger partial charge in [-0.1, -0.05) is 32.9 Å². The molecule has 0 radical (unpaired) electrons. The minimum Gasteiger partial charge on any atom is -0.384 e. The van der Waals surface area contributed by atoms with E-state index in [4.69, 9.17) is 5.73 Å². The van der Waals surface area contributed by atoms with Crippen LogP contribution in [-0.2, 0) is 5.41 Å². The van der Waals surface area contributed by atoms with Gasteiger partial charge in [0.15, 0.2) is 5.82 Å². The number of aromatic nitrogens is 2. The molecule has 20 heavy (non-hydrogen) atoms. The average Bonchev–Trinajstić information content (AvgIpc) is 2.37. The van der Waals surface area contributed by atoms with Crippen molar-refractivity contribution in [3.05, 3.63) is 46.1 Å². The molecule has 104 valence electrons. The fourth-order valence-corrected chi connectivity index (χ4v) is 1.74. The predicted molar refractivity (Wildman–Crippen MR) is 77.2 cm³/mol. The molecule has 6 heteroatoms. The van der Waals surface area contributed by atoms with Crippen LogP contribution < -0.4 is 5.73 Å². The number of rotatable bonds is 2. The Kier molecular flexibility index (Phi) is 3.40. The highest BCUT2D eigenvalue weighted by Gasteiger charge is 2.18. The Hall–Kier alpha value is -2.50. The Labute approximate surface area is 116 Å². The molecule has 2 rings (SSSR count). The van der Waals surface area contributed by atoms with Gasteiger partial charge < -0.3 is 5.73 Å². The Morgan fingerprint density at radius 3 is 2.50 bits per heavy atom. The first-order chi connectivity index (χ1) is 9.27. The monoisotopic (exact) mass is 272 g/mol. The first-order valence-electron chi connectivity index (χ1n) is 6.17. The van der Waals surface area contributed by atoms with E-state index in [1.54, 1.807) is 18.2 Å². The second kappa shape index (κ2) is 4.88. The maximum Gasteiger partial charge on any atom is 0.270 e. The molecule has 0 aliphatic carbocycles. The Balaban J connectivity index is 2.55. The van der Waals surface area contributed by atoms with E-state index in [0.717, 1.165) is 5.69 Å². The van der Waals surface area contributed by atoms with E-state index in [0.29, 0.717) is 17.2 Å². The van der Waals surface area contributed by atoms with Crippen LogP contribution >= 0.6 is 0 Å². The quantitative estimate of drug-likeness (QED) is 0.669. The van der Waals surface area contributed by atoms with E-state index < -0.39 is 4.92 Å². The second-order valence-electron chi connectivity index (χ2n) is 5.56. The minimum atomic E-state index is -0.444. The van der Waals surface area contributed by atoms with Crippen molar-refractivity contribution in [3.63, 3.8) is 0 Å². The topological polar surface area (TPSA) is 94.9 Å². The van der Waals surface area contributed by atoms with Crippen LogP contribution in [-0.4, -0.2) is 14.9 Å². The van der Waals surface area contributed by atoms with Crippen LogP contribution in [0.2, 0.25) is 0 Å². The molecule has 0 aliphatic rings. The molecule has 0 amide bonds. The lowest BCUT2D eigenvalue weighted by Gasteiger charge is -2.18. The number of nitro groups is 1. The lowest BCUT2D eigenvalue weighted by Crippen LogP contribution is -2.15. The van der Waals surface area contributed by atoms with Gasteiger partial charge in [-0.15, -0.1) is 0 Å². The van der Waals surface area contributed by atoms with Crippen LogP contribution in [0.25, 0.3) is 11.4 Å². The standard InChI is InChI=1S/C14H16N4O2/c1-14(2,3)11-8-12(15)17-13(16-11)9-5-4-6-10(7-9)18(19)20/h4-8H,1-3H3,(H2,15,16,17). The number of nitrogens with zero attached hydrogens (tertiary/aromatic N) is 3. The molecule has 1 aromatic heterocycles. The predicted octanol–water partition coefficient (Wildman–Crippen LogP) is 2.93. The SMILES string of the molecule is CC(C)(C)c1cc(N)nc(-c2cccc([N+](=O)[O-])c2)n1. The van der Waals surface area contributed by atoms with Gasteiger partial charge >= 0.3 is 0 Å². The molecule has 0 atom stereocenters. The molecule has 1 aromatic carbocycles. The molecule has 0 spiro atoms.